The van der Waals surface area contributed by atoms with E-state index in [-0.39, 0.29) is 33.0 Å². The van der Waals surface area contributed by atoms with Gasteiger partial charge in [0, 0.05) is 80.1 Å². The molecule has 1 atom stereocenters. The van der Waals surface area contributed by atoms with Crippen molar-refractivity contribution < 1.29 is 18.5 Å². The van der Waals surface area contributed by atoms with Crippen LogP contribution in [0.3, 0.4) is 0 Å². The zero-order chi connectivity index (χ0) is 29.8. The highest BCUT2D eigenvalue weighted by molar-refractivity contribution is 7.91. The first-order chi connectivity index (χ1) is 20.2. The molecule has 3 heterocycles. The van der Waals surface area contributed by atoms with Crippen molar-refractivity contribution in [1.82, 2.24) is 15.2 Å². The molecule has 0 spiro atoms. The summed E-state index contributed by atoms with van der Waals surface area (Å²) < 4.78 is 32.6. The molecule has 12 heteroatoms. The molecule has 0 bridgehead atoms. The van der Waals surface area contributed by atoms with Gasteiger partial charge in [-0.1, -0.05) is 0 Å². The number of benzene rings is 2. The summed E-state index contributed by atoms with van der Waals surface area (Å²) in [6, 6.07) is 11.5. The van der Waals surface area contributed by atoms with Crippen molar-refractivity contribution in [3.63, 3.8) is 0 Å². The smallest absolute Gasteiger partial charge is 0.258 e. The van der Waals surface area contributed by atoms with Gasteiger partial charge in [-0.3, -0.25) is 10.2 Å². The molecule has 2 saturated heterocycles. The Bertz CT molecular complexity index is 1440. The number of aromatic nitrogens is 1. The number of amides is 1. The minimum Gasteiger partial charge on any atom is -0.606 e. The number of nitrogens with one attached hydrogen (secondary N) is 3. The van der Waals surface area contributed by atoms with Crippen LogP contribution in [-0.2, 0) is 15.9 Å². The molecule has 1 aromatic heterocycles. The highest BCUT2D eigenvalue weighted by Gasteiger charge is 2.24. The zero-order valence-corrected chi connectivity index (χ0v) is 24.6. The number of anilines is 3. The number of nitrogens with two attached hydrogens (primary N) is 1. The van der Waals surface area contributed by atoms with Crippen molar-refractivity contribution in [3.05, 3.63) is 71.2 Å². The number of amidine groups is 1. The maximum absolute atomic E-state index is 13.9. The van der Waals surface area contributed by atoms with Gasteiger partial charge in [0.2, 0.25) is 0 Å². The average Bonchev–Trinajstić information content (AvgIpc) is 2.97. The maximum Gasteiger partial charge on any atom is 0.258 e. The fraction of sp³-hybridized carbons (Fsp3) is 0.367. The fourth-order valence-corrected chi connectivity index (χ4v) is 6.28. The molecule has 0 radical (unpaired) electrons. The molecule has 0 saturated carbocycles. The molecule has 3 aromatic rings. The molecule has 2 fully saturated rings. The summed E-state index contributed by atoms with van der Waals surface area (Å²) in [6.07, 6.45) is 2.98. The van der Waals surface area contributed by atoms with Crippen LogP contribution in [0.15, 0.2) is 58.5 Å². The zero-order valence-electron chi connectivity index (χ0n) is 23.8. The van der Waals surface area contributed by atoms with Crippen LogP contribution in [0, 0.1) is 18.2 Å². The van der Waals surface area contributed by atoms with Crippen molar-refractivity contribution in [3.8, 4) is 0 Å². The summed E-state index contributed by atoms with van der Waals surface area (Å²) in [5, 5.41) is 14.8. The molecule has 1 amide bonds. The van der Waals surface area contributed by atoms with Gasteiger partial charge in [0.05, 0.1) is 17.3 Å². The molecule has 2 aliphatic heterocycles. The standard InChI is InChI=1S/C30H36FN7O3S/c1-19-13-20(31)15-23(14-19)42(40)24-17-26(28(32)34-18-24)29(33)36-30(39)25-4-3-22(38-9-7-37(2)8-10-38)16-27(25)35-21-5-11-41-12-6-21/h3-4,13-18,21,35H,5-12H2,1-2H3,(H2,32,34)(H2,33,36,39). The topological polar surface area (TPSA) is 143 Å². The predicted molar refractivity (Wildman–Crippen MR) is 162 cm³/mol. The van der Waals surface area contributed by atoms with Gasteiger partial charge in [-0.25, -0.2) is 9.37 Å². The molecular weight excluding hydrogens is 557 g/mol. The summed E-state index contributed by atoms with van der Waals surface area (Å²) in [5.74, 6) is -1.25. The summed E-state index contributed by atoms with van der Waals surface area (Å²) >= 11 is -1.76. The van der Waals surface area contributed by atoms with Gasteiger partial charge in [0.25, 0.3) is 5.91 Å². The lowest BCUT2D eigenvalue weighted by molar-refractivity contribution is 0.0904. The Morgan fingerprint density at radius 2 is 1.83 bits per heavy atom. The Balaban J connectivity index is 1.37. The number of likely N-dealkylation sites (N-methyl/N-ethyl adjacent to an activating group) is 1. The second-order valence-electron chi connectivity index (χ2n) is 10.7. The van der Waals surface area contributed by atoms with Crippen molar-refractivity contribution in [2.75, 3.05) is 62.4 Å². The number of nitrogens with zero attached hydrogens (tertiary/aromatic N) is 3. The number of piperazine rings is 1. The van der Waals surface area contributed by atoms with Crippen LogP contribution in [0.2, 0.25) is 0 Å². The van der Waals surface area contributed by atoms with E-state index in [1.807, 2.05) is 12.1 Å². The quantitative estimate of drug-likeness (QED) is 0.186. The number of pyridine rings is 1. The van der Waals surface area contributed by atoms with E-state index in [9.17, 15) is 13.7 Å². The summed E-state index contributed by atoms with van der Waals surface area (Å²) in [6.45, 7) is 6.72. The van der Waals surface area contributed by atoms with Gasteiger partial charge in [-0.15, -0.1) is 0 Å². The van der Waals surface area contributed by atoms with Crippen molar-refractivity contribution in [2.45, 2.75) is 35.6 Å². The SMILES string of the molecule is Cc1cc(F)cc([S+]([O-])c2cnc(N)c(C(=N)NC(=O)c3ccc(N4CCN(C)CC4)cc3NC3CCOCC3)c2)c1. The molecule has 2 aliphatic rings. The van der Waals surface area contributed by atoms with Crippen LogP contribution in [-0.4, -0.2) is 78.7 Å². The number of halogens is 1. The van der Waals surface area contributed by atoms with E-state index in [2.05, 4.69) is 32.5 Å². The Kier molecular flexibility index (Phi) is 9.27. The normalized spacial score (nSPS) is 17.1. The number of carbonyl (C=O) groups excluding carboxylic acids is 1. The number of carbonyl (C=O) groups is 1. The van der Waals surface area contributed by atoms with Gasteiger partial charge in [-0.05, 0) is 62.7 Å². The highest BCUT2D eigenvalue weighted by atomic mass is 32.2. The van der Waals surface area contributed by atoms with E-state index < -0.39 is 22.9 Å². The lowest BCUT2D eigenvalue weighted by Gasteiger charge is -2.34. The lowest BCUT2D eigenvalue weighted by Crippen LogP contribution is -2.44. The van der Waals surface area contributed by atoms with Gasteiger partial charge >= 0.3 is 0 Å². The van der Waals surface area contributed by atoms with Gasteiger partial charge in [0.1, 0.15) is 17.5 Å². The summed E-state index contributed by atoms with van der Waals surface area (Å²) in [4.78, 5) is 22.7. The minimum absolute atomic E-state index is 0.00226. The van der Waals surface area contributed by atoms with Crippen LogP contribution in [0.5, 0.6) is 0 Å². The monoisotopic (exact) mass is 593 g/mol. The molecule has 1 unspecified atom stereocenters. The van der Waals surface area contributed by atoms with E-state index in [4.69, 9.17) is 15.9 Å². The first kappa shape index (κ1) is 29.8. The number of nitrogen functional groups attached to an aromatic ring is 1. The Morgan fingerprint density at radius 1 is 1.10 bits per heavy atom. The van der Waals surface area contributed by atoms with Crippen LogP contribution < -0.4 is 21.3 Å². The first-order valence-corrected chi connectivity index (χ1v) is 15.1. The number of ether oxygens (including phenoxy) is 1. The van der Waals surface area contributed by atoms with E-state index in [0.717, 1.165) is 44.7 Å². The van der Waals surface area contributed by atoms with Crippen molar-refractivity contribution in [2.24, 2.45) is 0 Å². The number of hydrogen-bond acceptors (Lipinski definition) is 9. The molecule has 2 aromatic carbocycles. The molecule has 0 aliphatic carbocycles. The molecule has 5 N–H and O–H groups in total. The minimum atomic E-state index is -1.76. The maximum atomic E-state index is 13.9. The Morgan fingerprint density at radius 3 is 2.55 bits per heavy atom. The largest absolute Gasteiger partial charge is 0.606 e. The second-order valence-corrected chi connectivity index (χ2v) is 12.2. The highest BCUT2D eigenvalue weighted by Crippen LogP contribution is 2.28. The average molecular weight is 594 g/mol. The van der Waals surface area contributed by atoms with Crippen molar-refractivity contribution in [1.29, 1.82) is 5.41 Å². The predicted octanol–water partition coefficient (Wildman–Crippen LogP) is 3.38. The molecule has 42 heavy (non-hydrogen) atoms. The van der Waals surface area contributed by atoms with E-state index in [1.165, 1.54) is 24.4 Å². The first-order valence-electron chi connectivity index (χ1n) is 13.9. The fourth-order valence-electron chi connectivity index (χ4n) is 5.12. The number of hydrogen-bond donors (Lipinski definition) is 4. The molecule has 222 valence electrons. The van der Waals surface area contributed by atoms with Crippen LogP contribution in [0.4, 0.5) is 21.6 Å². The summed E-state index contributed by atoms with van der Waals surface area (Å²) in [5.41, 5.74) is 8.92. The van der Waals surface area contributed by atoms with Crippen LogP contribution >= 0.6 is 0 Å². The number of aryl methyl sites for hydroxylation is 1. The number of rotatable bonds is 7. The second kappa shape index (κ2) is 13.1. The van der Waals surface area contributed by atoms with Crippen LogP contribution in [0.25, 0.3) is 0 Å². The van der Waals surface area contributed by atoms with Gasteiger partial charge in [-0.2, -0.15) is 0 Å². The van der Waals surface area contributed by atoms with E-state index >= 15 is 0 Å². The third-order valence-electron chi connectivity index (χ3n) is 7.54. The van der Waals surface area contributed by atoms with Gasteiger partial charge < -0.3 is 35.5 Å². The Labute approximate surface area is 248 Å². The van der Waals surface area contributed by atoms with E-state index in [1.54, 1.807) is 19.1 Å². The molecule has 5 rings (SSSR count). The Hall–Kier alpha value is -3.71. The third kappa shape index (κ3) is 7.01. The van der Waals surface area contributed by atoms with Crippen molar-refractivity contribution >= 4 is 40.1 Å². The molecular formula is C30H36FN7O3S. The third-order valence-corrected chi connectivity index (χ3v) is 8.86. The van der Waals surface area contributed by atoms with Gasteiger partial charge in [0.15, 0.2) is 9.79 Å². The molecule has 10 nitrogen and oxygen atoms in total. The lowest BCUT2D eigenvalue weighted by atomic mass is 10.1. The summed E-state index contributed by atoms with van der Waals surface area (Å²) in [7, 11) is 2.11. The van der Waals surface area contributed by atoms with E-state index in [0.29, 0.717) is 30.0 Å². The van der Waals surface area contributed by atoms with Crippen LogP contribution in [0.1, 0.15) is 34.3 Å².